The van der Waals surface area contributed by atoms with E-state index in [1.165, 1.54) is 45.2 Å². The summed E-state index contributed by atoms with van der Waals surface area (Å²) in [6.07, 6.45) is 8.49. The number of piperidine rings is 2. The fourth-order valence-electron chi connectivity index (χ4n) is 4.94. The summed E-state index contributed by atoms with van der Waals surface area (Å²) in [7, 11) is 1.71. The Balaban J connectivity index is 1.44. The molecule has 1 amide bonds. The molecule has 1 aromatic carbocycles. The second-order valence-corrected chi connectivity index (χ2v) is 7.95. The van der Waals surface area contributed by atoms with E-state index in [1.807, 2.05) is 24.4 Å². The van der Waals surface area contributed by atoms with Crippen molar-refractivity contribution < 1.29 is 9.53 Å². The molecule has 27 heavy (non-hydrogen) atoms. The summed E-state index contributed by atoms with van der Waals surface area (Å²) in [5.41, 5.74) is 1.87. The van der Waals surface area contributed by atoms with E-state index in [4.69, 9.17) is 4.74 Å². The van der Waals surface area contributed by atoms with Gasteiger partial charge in [-0.2, -0.15) is 0 Å². The fourth-order valence-corrected chi connectivity index (χ4v) is 4.94. The molecule has 1 N–H and O–H groups in total. The maximum absolute atomic E-state index is 12.9. The first kappa shape index (κ1) is 18.5. The van der Waals surface area contributed by atoms with Crippen molar-refractivity contribution in [2.45, 2.75) is 44.7 Å². The molecule has 2 saturated heterocycles. The topological polar surface area (TPSA) is 46.5 Å². The minimum atomic E-state index is 0.0537. The van der Waals surface area contributed by atoms with Gasteiger partial charge in [0.05, 0.1) is 6.61 Å². The van der Waals surface area contributed by atoms with E-state index in [-0.39, 0.29) is 5.91 Å². The van der Waals surface area contributed by atoms with E-state index < -0.39 is 0 Å². The molecular formula is C22H31N3O2. The van der Waals surface area contributed by atoms with Gasteiger partial charge in [0.1, 0.15) is 0 Å². The normalized spacial score (nSPS) is 23.3. The zero-order chi connectivity index (χ0) is 18.6. The van der Waals surface area contributed by atoms with E-state index >= 15 is 0 Å². The lowest BCUT2D eigenvalue weighted by Crippen LogP contribution is -2.51. The van der Waals surface area contributed by atoms with Crippen LogP contribution in [0.4, 0.5) is 0 Å². The average Bonchev–Trinajstić information content (AvgIpc) is 3.13. The van der Waals surface area contributed by atoms with Crippen molar-refractivity contribution in [3.05, 3.63) is 36.0 Å². The number of nitrogens with one attached hydrogen (secondary N) is 1. The number of nitrogens with zero attached hydrogens (tertiary/aromatic N) is 2. The molecule has 2 aromatic rings. The molecule has 4 rings (SSSR count). The molecule has 2 aliphatic heterocycles. The van der Waals surface area contributed by atoms with Gasteiger partial charge < -0.3 is 19.5 Å². The van der Waals surface area contributed by atoms with Crippen LogP contribution in [0.25, 0.3) is 10.9 Å². The van der Waals surface area contributed by atoms with Gasteiger partial charge in [0.2, 0.25) is 0 Å². The molecule has 0 bridgehead atoms. The molecule has 3 heterocycles. The quantitative estimate of drug-likeness (QED) is 0.850. The third kappa shape index (κ3) is 3.90. The second-order valence-electron chi connectivity index (χ2n) is 7.95. The van der Waals surface area contributed by atoms with Crippen molar-refractivity contribution in [1.29, 1.82) is 0 Å². The number of carbonyl (C=O) groups excluding carboxylic acids is 1. The number of rotatable bonds is 6. The minimum Gasteiger partial charge on any atom is -0.383 e. The number of amides is 1. The van der Waals surface area contributed by atoms with Crippen LogP contribution in [0.5, 0.6) is 0 Å². The summed E-state index contributed by atoms with van der Waals surface area (Å²) >= 11 is 0. The molecule has 146 valence electrons. The van der Waals surface area contributed by atoms with E-state index in [1.54, 1.807) is 7.11 Å². The van der Waals surface area contributed by atoms with Crippen LogP contribution in [-0.4, -0.2) is 54.8 Å². The molecule has 0 aliphatic carbocycles. The van der Waals surface area contributed by atoms with Gasteiger partial charge in [-0.3, -0.25) is 4.79 Å². The molecule has 0 saturated carbocycles. The van der Waals surface area contributed by atoms with Crippen molar-refractivity contribution in [2.24, 2.45) is 5.92 Å². The Bertz CT molecular complexity index is 783. The number of benzene rings is 1. The number of fused-ring (bicyclic) bond motifs is 2. The van der Waals surface area contributed by atoms with E-state index in [9.17, 15) is 4.79 Å². The third-order valence-electron chi connectivity index (χ3n) is 6.35. The van der Waals surface area contributed by atoms with Crippen LogP contribution in [0.15, 0.2) is 30.5 Å². The summed E-state index contributed by atoms with van der Waals surface area (Å²) in [4.78, 5) is 15.6. The smallest absolute Gasteiger partial charge is 0.251 e. The van der Waals surface area contributed by atoms with Crippen LogP contribution in [0.2, 0.25) is 0 Å². The highest BCUT2D eigenvalue weighted by molar-refractivity contribution is 6.06. The highest BCUT2D eigenvalue weighted by atomic mass is 16.5. The standard InChI is InChI=1S/C22H31N3O2/c1-27-15-14-25-13-10-18-19(7-4-9-21(18)25)22(26)23-16-17-6-5-12-24-11-3-2-8-20(17)24/h4,7,9-10,13,17,20H,2-3,5-6,8,11-12,14-16H2,1H3,(H,23,26)/t17-,20-/m1/s1. The van der Waals surface area contributed by atoms with Crippen molar-refractivity contribution in [3.63, 3.8) is 0 Å². The van der Waals surface area contributed by atoms with Crippen LogP contribution in [0.3, 0.4) is 0 Å². The van der Waals surface area contributed by atoms with Crippen LogP contribution in [-0.2, 0) is 11.3 Å². The van der Waals surface area contributed by atoms with Gasteiger partial charge in [0.15, 0.2) is 0 Å². The van der Waals surface area contributed by atoms with Gasteiger partial charge in [-0.25, -0.2) is 0 Å². The Labute approximate surface area is 161 Å². The summed E-state index contributed by atoms with van der Waals surface area (Å²) in [6, 6.07) is 8.70. The fraction of sp³-hybridized carbons (Fsp3) is 0.591. The lowest BCUT2D eigenvalue weighted by atomic mass is 9.83. The molecule has 2 aliphatic rings. The molecular weight excluding hydrogens is 338 g/mol. The summed E-state index contributed by atoms with van der Waals surface area (Å²) < 4.78 is 7.34. The Morgan fingerprint density at radius 1 is 1.19 bits per heavy atom. The van der Waals surface area contributed by atoms with Gasteiger partial charge >= 0.3 is 0 Å². The monoisotopic (exact) mass is 369 g/mol. The van der Waals surface area contributed by atoms with Crippen LogP contribution in [0.1, 0.15) is 42.5 Å². The van der Waals surface area contributed by atoms with Gasteiger partial charge in [-0.05, 0) is 62.9 Å². The van der Waals surface area contributed by atoms with E-state index in [0.29, 0.717) is 18.6 Å². The SMILES string of the molecule is COCCn1ccc2c(C(=O)NC[C@H]3CCCN4CCCC[C@H]34)cccc21. The second kappa shape index (κ2) is 8.44. The third-order valence-corrected chi connectivity index (χ3v) is 6.35. The van der Waals surface area contributed by atoms with Gasteiger partial charge in [-0.15, -0.1) is 0 Å². The zero-order valence-electron chi connectivity index (χ0n) is 16.3. The predicted octanol–water partition coefficient (Wildman–Crippen LogP) is 3.28. The van der Waals surface area contributed by atoms with Crippen LogP contribution >= 0.6 is 0 Å². The summed E-state index contributed by atoms with van der Waals surface area (Å²) in [5, 5.41) is 4.27. The molecule has 0 unspecified atom stereocenters. The Morgan fingerprint density at radius 2 is 2.07 bits per heavy atom. The summed E-state index contributed by atoms with van der Waals surface area (Å²) in [6.45, 7) is 4.73. The maximum Gasteiger partial charge on any atom is 0.251 e. The van der Waals surface area contributed by atoms with Gasteiger partial charge in [-0.1, -0.05) is 12.5 Å². The number of hydrogen-bond acceptors (Lipinski definition) is 3. The van der Waals surface area contributed by atoms with E-state index in [2.05, 4.69) is 20.9 Å². The Hall–Kier alpha value is -1.85. The molecule has 2 atom stereocenters. The van der Waals surface area contributed by atoms with E-state index in [0.717, 1.165) is 29.6 Å². The molecule has 0 spiro atoms. The number of methoxy groups -OCH3 is 1. The lowest BCUT2D eigenvalue weighted by molar-refractivity contribution is 0.0576. The first-order chi connectivity index (χ1) is 13.3. The highest BCUT2D eigenvalue weighted by Crippen LogP contribution is 2.30. The van der Waals surface area contributed by atoms with Crippen LogP contribution in [0, 0.1) is 5.92 Å². The highest BCUT2D eigenvalue weighted by Gasteiger charge is 2.33. The number of hydrogen-bond donors (Lipinski definition) is 1. The zero-order valence-corrected chi connectivity index (χ0v) is 16.3. The molecule has 2 fully saturated rings. The Morgan fingerprint density at radius 3 is 2.96 bits per heavy atom. The molecule has 5 nitrogen and oxygen atoms in total. The van der Waals surface area contributed by atoms with Crippen LogP contribution < -0.4 is 5.32 Å². The van der Waals surface area contributed by atoms with Gasteiger partial charge in [0.25, 0.3) is 5.91 Å². The Kier molecular flexibility index (Phi) is 5.79. The first-order valence-corrected chi connectivity index (χ1v) is 10.4. The van der Waals surface area contributed by atoms with Crippen molar-refractivity contribution in [3.8, 4) is 0 Å². The first-order valence-electron chi connectivity index (χ1n) is 10.4. The van der Waals surface area contributed by atoms with Gasteiger partial charge in [0, 0.05) is 48.9 Å². The minimum absolute atomic E-state index is 0.0537. The molecule has 5 heteroatoms. The molecule has 0 radical (unpaired) electrons. The maximum atomic E-state index is 12.9. The molecule has 1 aromatic heterocycles. The van der Waals surface area contributed by atoms with Crippen molar-refractivity contribution >= 4 is 16.8 Å². The lowest BCUT2D eigenvalue weighted by Gasteiger charge is -2.44. The largest absolute Gasteiger partial charge is 0.383 e. The number of ether oxygens (including phenoxy) is 1. The van der Waals surface area contributed by atoms with Crippen molar-refractivity contribution in [2.75, 3.05) is 33.4 Å². The number of carbonyl (C=O) groups is 1. The summed E-state index contributed by atoms with van der Waals surface area (Å²) in [5.74, 6) is 0.645. The predicted molar refractivity (Wildman–Crippen MR) is 108 cm³/mol. The average molecular weight is 370 g/mol. The van der Waals surface area contributed by atoms with Crippen molar-refractivity contribution in [1.82, 2.24) is 14.8 Å². The number of aromatic nitrogens is 1.